The lowest BCUT2D eigenvalue weighted by Gasteiger charge is -2.14. The number of hydrogen-bond donors (Lipinski definition) is 1. The molecule has 3 nitrogen and oxygen atoms in total. The molecule has 3 aromatic carbocycles. The molecule has 0 radical (unpaired) electrons. The molecule has 1 N–H and O–H groups in total. The minimum absolute atomic E-state index is 0.0717. The van der Waals surface area contributed by atoms with Crippen LogP contribution in [-0.4, -0.2) is 10.9 Å². The summed E-state index contributed by atoms with van der Waals surface area (Å²) in [6.07, 6.45) is 3.39. The first-order valence-corrected chi connectivity index (χ1v) is 9.67. The Balaban J connectivity index is 1.52. The van der Waals surface area contributed by atoms with E-state index in [0.29, 0.717) is 5.56 Å². The maximum Gasteiger partial charge on any atom is 0.253 e. The fourth-order valence-electron chi connectivity index (χ4n) is 3.31. The molecule has 142 valence electrons. The number of rotatable bonds is 5. The number of hydrogen-bond acceptors (Lipinski definition) is 2. The molecule has 1 atom stereocenters. The number of pyridine rings is 1. The highest BCUT2D eigenvalue weighted by Gasteiger charge is 2.12. The van der Waals surface area contributed by atoms with Crippen LogP contribution in [0.4, 0.5) is 0 Å². The number of aromatic nitrogens is 1. The Morgan fingerprint density at radius 1 is 0.724 bits per heavy atom. The van der Waals surface area contributed by atoms with Crippen LogP contribution < -0.4 is 5.32 Å². The average molecular weight is 378 g/mol. The molecule has 0 aliphatic carbocycles. The first-order chi connectivity index (χ1) is 14.2. The maximum absolute atomic E-state index is 12.7. The highest BCUT2D eigenvalue weighted by Crippen LogP contribution is 2.25. The van der Waals surface area contributed by atoms with Gasteiger partial charge in [0.1, 0.15) is 0 Å². The Morgan fingerprint density at radius 2 is 1.28 bits per heavy atom. The third-order valence-corrected chi connectivity index (χ3v) is 4.97. The number of benzene rings is 3. The van der Waals surface area contributed by atoms with Crippen LogP contribution in [0.15, 0.2) is 103 Å². The van der Waals surface area contributed by atoms with Gasteiger partial charge in [0.15, 0.2) is 0 Å². The predicted molar refractivity (Wildman–Crippen MR) is 117 cm³/mol. The van der Waals surface area contributed by atoms with E-state index in [2.05, 4.69) is 46.7 Å². The molecule has 0 fully saturated rings. The topological polar surface area (TPSA) is 42.0 Å². The number of carbonyl (C=O) groups excluding carboxylic acids is 1. The molecule has 1 amide bonds. The number of amides is 1. The van der Waals surface area contributed by atoms with Crippen LogP contribution in [0.3, 0.4) is 0 Å². The van der Waals surface area contributed by atoms with E-state index in [-0.39, 0.29) is 11.9 Å². The summed E-state index contributed by atoms with van der Waals surface area (Å²) >= 11 is 0. The summed E-state index contributed by atoms with van der Waals surface area (Å²) < 4.78 is 0. The van der Waals surface area contributed by atoms with E-state index in [0.717, 1.165) is 22.3 Å². The van der Waals surface area contributed by atoms with Crippen molar-refractivity contribution in [3.63, 3.8) is 0 Å². The van der Waals surface area contributed by atoms with Crippen LogP contribution in [-0.2, 0) is 0 Å². The fraction of sp³-hybridized carbons (Fsp3) is 0.0769. The molecule has 0 bridgehead atoms. The van der Waals surface area contributed by atoms with E-state index in [4.69, 9.17) is 0 Å². The van der Waals surface area contributed by atoms with Crippen LogP contribution in [0.5, 0.6) is 0 Å². The lowest BCUT2D eigenvalue weighted by molar-refractivity contribution is 0.0939. The maximum atomic E-state index is 12.7. The van der Waals surface area contributed by atoms with E-state index in [1.54, 1.807) is 12.4 Å². The molecule has 3 heteroatoms. The second-order valence-electron chi connectivity index (χ2n) is 7.01. The zero-order valence-corrected chi connectivity index (χ0v) is 16.2. The first-order valence-electron chi connectivity index (χ1n) is 9.67. The van der Waals surface area contributed by atoms with Crippen molar-refractivity contribution in [3.05, 3.63) is 115 Å². The monoisotopic (exact) mass is 378 g/mol. The molecule has 4 aromatic rings. The predicted octanol–water partition coefficient (Wildman–Crippen LogP) is 5.91. The smallest absolute Gasteiger partial charge is 0.253 e. The molecule has 0 aliphatic heterocycles. The van der Waals surface area contributed by atoms with Crippen LogP contribution in [0.1, 0.15) is 28.9 Å². The second kappa shape index (κ2) is 8.53. The largest absolute Gasteiger partial charge is 0.345 e. The van der Waals surface area contributed by atoms with Crippen molar-refractivity contribution < 1.29 is 4.79 Å². The standard InChI is InChI=1S/C26H22N2O/c1-19(20-8-4-2-5-9-20)28-26(29)25-16-24(17-27-18-25)23-14-12-22(13-15-23)21-10-6-3-7-11-21/h2-19H,1H3,(H,28,29). The van der Waals surface area contributed by atoms with Crippen LogP contribution in [0, 0.1) is 0 Å². The molecule has 4 rings (SSSR count). The van der Waals surface area contributed by atoms with Gasteiger partial charge in [0, 0.05) is 18.0 Å². The van der Waals surface area contributed by atoms with Gasteiger partial charge in [-0.15, -0.1) is 0 Å². The second-order valence-corrected chi connectivity index (χ2v) is 7.01. The average Bonchev–Trinajstić information content (AvgIpc) is 2.80. The van der Waals surface area contributed by atoms with Gasteiger partial charge in [0.2, 0.25) is 0 Å². The summed E-state index contributed by atoms with van der Waals surface area (Å²) in [4.78, 5) is 17.0. The zero-order valence-electron chi connectivity index (χ0n) is 16.2. The fourth-order valence-corrected chi connectivity index (χ4v) is 3.31. The molecule has 1 unspecified atom stereocenters. The van der Waals surface area contributed by atoms with Gasteiger partial charge in [-0.25, -0.2) is 0 Å². The van der Waals surface area contributed by atoms with Crippen molar-refractivity contribution in [2.24, 2.45) is 0 Å². The van der Waals surface area contributed by atoms with Crippen LogP contribution in [0.2, 0.25) is 0 Å². The first kappa shape index (κ1) is 18.6. The molecule has 1 heterocycles. The molecule has 0 saturated carbocycles. The van der Waals surface area contributed by atoms with Crippen molar-refractivity contribution in [3.8, 4) is 22.3 Å². The number of nitrogens with one attached hydrogen (secondary N) is 1. The van der Waals surface area contributed by atoms with E-state index in [9.17, 15) is 4.79 Å². The molecule has 1 aromatic heterocycles. The van der Waals surface area contributed by atoms with Gasteiger partial charge in [-0.1, -0.05) is 84.9 Å². The van der Waals surface area contributed by atoms with Crippen molar-refractivity contribution in [2.45, 2.75) is 13.0 Å². The number of carbonyl (C=O) groups is 1. The Bertz CT molecular complexity index is 1090. The van der Waals surface area contributed by atoms with Crippen molar-refractivity contribution in [1.82, 2.24) is 10.3 Å². The van der Waals surface area contributed by atoms with Crippen LogP contribution in [0.25, 0.3) is 22.3 Å². The SMILES string of the molecule is CC(NC(=O)c1cncc(-c2ccc(-c3ccccc3)cc2)c1)c1ccccc1. The lowest BCUT2D eigenvalue weighted by atomic mass is 10.0. The molecule has 0 aliphatic rings. The van der Waals surface area contributed by atoms with E-state index < -0.39 is 0 Å². The Kier molecular flexibility index (Phi) is 5.48. The highest BCUT2D eigenvalue weighted by molar-refractivity contribution is 5.95. The zero-order chi connectivity index (χ0) is 20.1. The quantitative estimate of drug-likeness (QED) is 0.469. The van der Waals surface area contributed by atoms with Gasteiger partial charge in [-0.3, -0.25) is 9.78 Å². The van der Waals surface area contributed by atoms with Crippen molar-refractivity contribution >= 4 is 5.91 Å². The molecule has 0 saturated heterocycles. The molecular formula is C26H22N2O. The number of nitrogens with zero attached hydrogens (tertiary/aromatic N) is 1. The van der Waals surface area contributed by atoms with Gasteiger partial charge >= 0.3 is 0 Å². The Morgan fingerprint density at radius 3 is 1.93 bits per heavy atom. The summed E-state index contributed by atoms with van der Waals surface area (Å²) in [6.45, 7) is 1.98. The molecule has 29 heavy (non-hydrogen) atoms. The third-order valence-electron chi connectivity index (χ3n) is 4.97. The van der Waals surface area contributed by atoms with Gasteiger partial charge in [0.05, 0.1) is 11.6 Å². The van der Waals surface area contributed by atoms with E-state index >= 15 is 0 Å². The van der Waals surface area contributed by atoms with Gasteiger partial charge in [-0.2, -0.15) is 0 Å². The van der Waals surface area contributed by atoms with Crippen molar-refractivity contribution in [1.29, 1.82) is 0 Å². The Labute approximate surface area is 171 Å². The molecular weight excluding hydrogens is 356 g/mol. The van der Waals surface area contributed by atoms with Gasteiger partial charge in [-0.05, 0) is 35.2 Å². The van der Waals surface area contributed by atoms with Crippen molar-refractivity contribution in [2.75, 3.05) is 0 Å². The van der Waals surface area contributed by atoms with E-state index in [1.165, 1.54) is 5.56 Å². The van der Waals surface area contributed by atoms with E-state index in [1.807, 2.05) is 61.5 Å². The minimum atomic E-state index is -0.128. The summed E-state index contributed by atoms with van der Waals surface area (Å²) in [5, 5.41) is 3.04. The normalized spacial score (nSPS) is 11.6. The summed E-state index contributed by atoms with van der Waals surface area (Å²) in [7, 11) is 0. The summed E-state index contributed by atoms with van der Waals surface area (Å²) in [5.41, 5.74) is 5.92. The lowest BCUT2D eigenvalue weighted by Crippen LogP contribution is -2.26. The summed E-state index contributed by atoms with van der Waals surface area (Å²) in [6, 6.07) is 30.3. The van der Waals surface area contributed by atoms with Crippen LogP contribution >= 0.6 is 0 Å². The summed E-state index contributed by atoms with van der Waals surface area (Å²) in [5.74, 6) is -0.128. The molecule has 0 spiro atoms. The van der Waals surface area contributed by atoms with Gasteiger partial charge in [0.25, 0.3) is 5.91 Å². The minimum Gasteiger partial charge on any atom is -0.345 e. The van der Waals surface area contributed by atoms with Gasteiger partial charge < -0.3 is 5.32 Å². The Hall–Kier alpha value is -3.72. The highest BCUT2D eigenvalue weighted by atomic mass is 16.1. The third kappa shape index (κ3) is 4.41.